The maximum Gasteiger partial charge on any atom is 0.143 e. The van der Waals surface area contributed by atoms with E-state index in [2.05, 4.69) is 26.2 Å². The number of nitrogens with zero attached hydrogens (tertiary/aromatic N) is 4. The zero-order valence-electron chi connectivity index (χ0n) is 9.67. The zero-order chi connectivity index (χ0) is 12.4. The van der Waals surface area contributed by atoms with Crippen molar-refractivity contribution in [3.05, 3.63) is 29.5 Å². The average Bonchev–Trinajstić information content (AvgIpc) is 3.04. The first-order valence-corrected chi connectivity index (χ1v) is 6.21. The van der Waals surface area contributed by atoms with Gasteiger partial charge in [-0.1, -0.05) is 11.6 Å². The molecule has 3 rings (SSSR count). The van der Waals surface area contributed by atoms with E-state index >= 15 is 0 Å². The second kappa shape index (κ2) is 4.91. The van der Waals surface area contributed by atoms with Gasteiger partial charge in [0.25, 0.3) is 0 Å². The summed E-state index contributed by atoms with van der Waals surface area (Å²) in [6.45, 7) is 2.01. The number of hydrogen-bond donors (Lipinski definition) is 2. The van der Waals surface area contributed by atoms with Crippen molar-refractivity contribution in [2.45, 2.75) is 12.5 Å². The van der Waals surface area contributed by atoms with E-state index in [1.165, 1.54) is 0 Å². The molecule has 0 aliphatic carbocycles. The Hall–Kier alpha value is -1.66. The molecule has 1 aromatic heterocycles. The van der Waals surface area contributed by atoms with Crippen LogP contribution >= 0.6 is 11.6 Å². The topological polar surface area (TPSA) is 67.7 Å². The van der Waals surface area contributed by atoms with Crippen LogP contribution in [0.2, 0.25) is 5.02 Å². The molecule has 0 spiro atoms. The van der Waals surface area contributed by atoms with Gasteiger partial charge < -0.3 is 10.6 Å². The Morgan fingerprint density at radius 2 is 2.39 bits per heavy atom. The van der Waals surface area contributed by atoms with Crippen LogP contribution < -0.4 is 10.6 Å². The van der Waals surface area contributed by atoms with Gasteiger partial charge in [0, 0.05) is 12.6 Å². The summed E-state index contributed by atoms with van der Waals surface area (Å²) in [6, 6.07) is 6.11. The number of aromatic nitrogens is 4. The molecule has 0 radical (unpaired) electrons. The van der Waals surface area contributed by atoms with Crippen molar-refractivity contribution < 1.29 is 0 Å². The number of tetrazole rings is 1. The van der Waals surface area contributed by atoms with E-state index in [9.17, 15) is 0 Å². The SMILES string of the molecule is Clc1ccc(-n2cnnn2)cc1NC1CCNC1. The first-order chi connectivity index (χ1) is 8.83. The van der Waals surface area contributed by atoms with E-state index in [-0.39, 0.29) is 0 Å². The number of hydrogen-bond acceptors (Lipinski definition) is 5. The predicted molar refractivity (Wildman–Crippen MR) is 69.1 cm³/mol. The van der Waals surface area contributed by atoms with Gasteiger partial charge in [0.15, 0.2) is 0 Å². The molecule has 2 N–H and O–H groups in total. The smallest absolute Gasteiger partial charge is 0.143 e. The number of benzene rings is 1. The molecule has 1 aliphatic rings. The highest BCUT2D eigenvalue weighted by molar-refractivity contribution is 6.33. The van der Waals surface area contributed by atoms with Crippen LogP contribution in [-0.4, -0.2) is 39.3 Å². The number of rotatable bonds is 3. The Bertz CT molecular complexity index is 520. The van der Waals surface area contributed by atoms with E-state index in [0.29, 0.717) is 11.1 Å². The Balaban J connectivity index is 1.86. The summed E-state index contributed by atoms with van der Waals surface area (Å²) in [5, 5.41) is 18.6. The van der Waals surface area contributed by atoms with Crippen molar-refractivity contribution in [3.8, 4) is 5.69 Å². The van der Waals surface area contributed by atoms with Gasteiger partial charge in [-0.25, -0.2) is 4.68 Å². The standard InChI is InChI=1S/C11H13ClN6/c12-10-2-1-9(18-7-14-16-17-18)5-11(10)15-8-3-4-13-6-8/h1-2,5,7-8,13,15H,3-4,6H2. The molecule has 7 heteroatoms. The van der Waals surface area contributed by atoms with E-state index in [0.717, 1.165) is 30.9 Å². The molecule has 2 heterocycles. The second-order valence-corrected chi connectivity index (χ2v) is 4.66. The molecule has 0 amide bonds. The first kappa shape index (κ1) is 11.4. The van der Waals surface area contributed by atoms with Crippen molar-refractivity contribution in [2.75, 3.05) is 18.4 Å². The third-order valence-corrected chi connectivity index (χ3v) is 3.31. The van der Waals surface area contributed by atoms with Crippen LogP contribution in [-0.2, 0) is 0 Å². The minimum absolute atomic E-state index is 0.423. The van der Waals surface area contributed by atoms with Gasteiger partial charge >= 0.3 is 0 Å². The van der Waals surface area contributed by atoms with E-state index in [4.69, 9.17) is 11.6 Å². The van der Waals surface area contributed by atoms with Crippen molar-refractivity contribution >= 4 is 17.3 Å². The van der Waals surface area contributed by atoms with E-state index in [1.54, 1.807) is 11.0 Å². The van der Waals surface area contributed by atoms with Crippen LogP contribution in [0.25, 0.3) is 5.69 Å². The monoisotopic (exact) mass is 264 g/mol. The summed E-state index contributed by atoms with van der Waals surface area (Å²) >= 11 is 6.19. The van der Waals surface area contributed by atoms with Gasteiger partial charge in [-0.15, -0.1) is 5.10 Å². The lowest BCUT2D eigenvalue weighted by molar-refractivity contribution is 0.783. The lowest BCUT2D eigenvalue weighted by atomic mass is 10.2. The molecule has 18 heavy (non-hydrogen) atoms. The molecular formula is C11H13ClN6. The molecule has 94 valence electrons. The fraction of sp³-hybridized carbons (Fsp3) is 0.364. The fourth-order valence-electron chi connectivity index (χ4n) is 2.04. The molecule has 1 aliphatic heterocycles. The first-order valence-electron chi connectivity index (χ1n) is 5.83. The van der Waals surface area contributed by atoms with Gasteiger partial charge in [0.2, 0.25) is 0 Å². The molecule has 0 saturated carbocycles. The highest BCUT2D eigenvalue weighted by Gasteiger charge is 2.15. The number of halogens is 1. The Labute approximate surface area is 109 Å². The zero-order valence-corrected chi connectivity index (χ0v) is 10.4. The fourth-order valence-corrected chi connectivity index (χ4v) is 2.22. The van der Waals surface area contributed by atoms with E-state index in [1.807, 2.05) is 18.2 Å². The van der Waals surface area contributed by atoms with Crippen molar-refractivity contribution in [1.82, 2.24) is 25.5 Å². The van der Waals surface area contributed by atoms with Crippen molar-refractivity contribution in [2.24, 2.45) is 0 Å². The molecule has 0 bridgehead atoms. The largest absolute Gasteiger partial charge is 0.380 e. The van der Waals surface area contributed by atoms with Crippen LogP contribution in [0.5, 0.6) is 0 Å². The number of anilines is 1. The summed E-state index contributed by atoms with van der Waals surface area (Å²) in [5.41, 5.74) is 1.80. The highest BCUT2D eigenvalue weighted by atomic mass is 35.5. The Morgan fingerprint density at radius 3 is 3.11 bits per heavy atom. The lowest BCUT2D eigenvalue weighted by Crippen LogP contribution is -2.22. The molecule has 6 nitrogen and oxygen atoms in total. The van der Waals surface area contributed by atoms with Gasteiger partial charge in [-0.3, -0.25) is 0 Å². The van der Waals surface area contributed by atoms with Gasteiger partial charge in [-0.05, 0) is 41.6 Å². The normalized spacial score (nSPS) is 19.1. The molecule has 1 aromatic carbocycles. The maximum atomic E-state index is 6.19. The lowest BCUT2D eigenvalue weighted by Gasteiger charge is -2.15. The molecule has 2 aromatic rings. The minimum atomic E-state index is 0.423. The molecular weight excluding hydrogens is 252 g/mol. The van der Waals surface area contributed by atoms with Crippen LogP contribution in [0.3, 0.4) is 0 Å². The Kier molecular flexibility index (Phi) is 3.12. The third kappa shape index (κ3) is 2.30. The summed E-state index contributed by atoms with van der Waals surface area (Å²) in [4.78, 5) is 0. The number of nitrogens with one attached hydrogen (secondary N) is 2. The van der Waals surface area contributed by atoms with Gasteiger partial charge in [-0.2, -0.15) is 0 Å². The third-order valence-electron chi connectivity index (χ3n) is 2.98. The quantitative estimate of drug-likeness (QED) is 0.869. The summed E-state index contributed by atoms with van der Waals surface area (Å²) in [6.07, 6.45) is 2.66. The maximum absolute atomic E-state index is 6.19. The van der Waals surface area contributed by atoms with Crippen molar-refractivity contribution in [3.63, 3.8) is 0 Å². The minimum Gasteiger partial charge on any atom is -0.380 e. The summed E-state index contributed by atoms with van der Waals surface area (Å²) in [7, 11) is 0. The predicted octanol–water partition coefficient (Wildman–Crippen LogP) is 1.09. The van der Waals surface area contributed by atoms with E-state index < -0.39 is 0 Å². The van der Waals surface area contributed by atoms with Crippen molar-refractivity contribution in [1.29, 1.82) is 0 Å². The summed E-state index contributed by atoms with van der Waals surface area (Å²) < 4.78 is 1.61. The molecule has 1 atom stereocenters. The van der Waals surface area contributed by atoms with Crippen LogP contribution in [0.4, 0.5) is 5.69 Å². The average molecular weight is 265 g/mol. The Morgan fingerprint density at radius 1 is 1.44 bits per heavy atom. The van der Waals surface area contributed by atoms with Gasteiger partial charge in [0.1, 0.15) is 6.33 Å². The second-order valence-electron chi connectivity index (χ2n) is 4.25. The molecule has 1 saturated heterocycles. The van der Waals surface area contributed by atoms with Crippen LogP contribution in [0, 0.1) is 0 Å². The van der Waals surface area contributed by atoms with Crippen LogP contribution in [0.1, 0.15) is 6.42 Å². The molecule has 1 fully saturated rings. The van der Waals surface area contributed by atoms with Crippen LogP contribution in [0.15, 0.2) is 24.5 Å². The molecule has 1 unspecified atom stereocenters. The van der Waals surface area contributed by atoms with Gasteiger partial charge in [0.05, 0.1) is 16.4 Å². The summed E-state index contributed by atoms with van der Waals surface area (Å²) in [5.74, 6) is 0. The highest BCUT2D eigenvalue weighted by Crippen LogP contribution is 2.25.